The van der Waals surface area contributed by atoms with Crippen molar-refractivity contribution in [1.29, 1.82) is 0 Å². The molecular weight excluding hydrogens is 462 g/mol. The monoisotopic (exact) mass is 495 g/mol. The maximum absolute atomic E-state index is 13.4. The fourth-order valence-corrected chi connectivity index (χ4v) is 4.99. The van der Waals surface area contributed by atoms with E-state index >= 15 is 0 Å². The van der Waals surface area contributed by atoms with Gasteiger partial charge in [-0.3, -0.25) is 4.79 Å². The molecule has 8 heteroatoms. The highest BCUT2D eigenvalue weighted by atomic mass is 16.6. The molecule has 0 aliphatic carbocycles. The van der Waals surface area contributed by atoms with Gasteiger partial charge in [-0.05, 0) is 41.0 Å². The summed E-state index contributed by atoms with van der Waals surface area (Å²) < 4.78 is 96.9. The van der Waals surface area contributed by atoms with Gasteiger partial charge >= 0.3 is 5.97 Å². The van der Waals surface area contributed by atoms with Crippen LogP contribution in [-0.4, -0.2) is 49.8 Å². The molecule has 4 atom stereocenters. The number of nitrogens with zero attached hydrogens (tertiary/aromatic N) is 1. The van der Waals surface area contributed by atoms with Crippen molar-refractivity contribution in [2.75, 3.05) is 32.8 Å². The van der Waals surface area contributed by atoms with E-state index in [-0.39, 0.29) is 29.6 Å². The van der Waals surface area contributed by atoms with Gasteiger partial charge in [0.15, 0.2) is 23.0 Å². The zero-order chi connectivity index (χ0) is 31.2. The highest BCUT2D eigenvalue weighted by Gasteiger charge is 2.54. The standard InChI is InChI=1S/C28H25NO7/c30-28-25-26(18-6-8-21-23(14-18)33-12-10-31-21)36-27(19-7-9-22-24(15-19)34-13-11-32-22)29(25)20(16-35-28)17-4-2-1-3-5-17/h1-9,14-15,20,25-27H,10-13,16H2/t20-,25+,26-,27+/m1/s1/i10D2,11D2,12D2,13D2. The Morgan fingerprint density at radius 3 is 2.00 bits per heavy atom. The number of carbonyl (C=O) groups is 1. The summed E-state index contributed by atoms with van der Waals surface area (Å²) in [6, 6.07) is 16.9. The second-order valence-corrected chi connectivity index (χ2v) is 8.59. The molecule has 0 radical (unpaired) electrons. The Kier molecular flexibility index (Phi) is 3.57. The third-order valence-electron chi connectivity index (χ3n) is 6.60. The zero-order valence-corrected chi connectivity index (χ0v) is 18.7. The van der Waals surface area contributed by atoms with Crippen LogP contribution in [0.25, 0.3) is 0 Å². The van der Waals surface area contributed by atoms with Crippen molar-refractivity contribution in [3.05, 3.63) is 83.4 Å². The average Bonchev–Trinajstić information content (AvgIpc) is 3.35. The smallest absolute Gasteiger partial charge is 0.326 e. The summed E-state index contributed by atoms with van der Waals surface area (Å²) in [6.45, 7) is -11.0. The number of carbonyl (C=O) groups excluding carboxylic acids is 1. The van der Waals surface area contributed by atoms with E-state index in [0.29, 0.717) is 11.1 Å². The molecule has 2 saturated heterocycles. The molecule has 4 aliphatic heterocycles. The molecule has 36 heavy (non-hydrogen) atoms. The molecule has 0 unspecified atom stereocenters. The minimum atomic E-state index is -2.79. The van der Waals surface area contributed by atoms with E-state index in [1.54, 1.807) is 12.1 Å². The number of benzene rings is 3. The minimum absolute atomic E-state index is 0.00129. The molecule has 2 fully saturated rings. The van der Waals surface area contributed by atoms with Crippen LogP contribution in [0.15, 0.2) is 66.7 Å². The first-order chi connectivity index (χ1) is 20.7. The second-order valence-electron chi connectivity index (χ2n) is 8.59. The first kappa shape index (κ1) is 14.7. The van der Waals surface area contributed by atoms with Gasteiger partial charge < -0.3 is 28.4 Å². The minimum Gasteiger partial charge on any atom is -0.486 e. The molecule has 0 N–H and O–H groups in total. The van der Waals surface area contributed by atoms with Crippen LogP contribution in [0.3, 0.4) is 0 Å². The summed E-state index contributed by atoms with van der Waals surface area (Å²) >= 11 is 0. The Morgan fingerprint density at radius 2 is 1.31 bits per heavy atom. The van der Waals surface area contributed by atoms with Crippen molar-refractivity contribution < 1.29 is 44.2 Å². The molecule has 4 heterocycles. The van der Waals surface area contributed by atoms with Crippen LogP contribution < -0.4 is 18.9 Å². The number of morpholine rings is 1. The van der Waals surface area contributed by atoms with Gasteiger partial charge in [0.2, 0.25) is 0 Å². The molecule has 3 aromatic carbocycles. The number of rotatable bonds is 3. The highest BCUT2D eigenvalue weighted by molar-refractivity contribution is 5.78. The van der Waals surface area contributed by atoms with Crippen molar-refractivity contribution >= 4 is 5.97 Å². The second kappa shape index (κ2) is 8.72. The Bertz CT molecular complexity index is 1640. The van der Waals surface area contributed by atoms with Crippen LogP contribution in [0, 0.1) is 0 Å². The zero-order valence-electron chi connectivity index (χ0n) is 26.7. The van der Waals surface area contributed by atoms with Crippen LogP contribution in [0.5, 0.6) is 23.0 Å². The van der Waals surface area contributed by atoms with Crippen molar-refractivity contribution in [2.24, 2.45) is 0 Å². The van der Waals surface area contributed by atoms with Crippen molar-refractivity contribution in [3.63, 3.8) is 0 Å². The Balaban J connectivity index is 1.31. The molecule has 7 rings (SSSR count). The van der Waals surface area contributed by atoms with Gasteiger partial charge in [-0.1, -0.05) is 42.5 Å². The number of esters is 1. The molecule has 0 bridgehead atoms. The van der Waals surface area contributed by atoms with Crippen LogP contribution in [0.2, 0.25) is 0 Å². The van der Waals surface area contributed by atoms with E-state index < -0.39 is 56.6 Å². The van der Waals surface area contributed by atoms with E-state index in [4.69, 9.17) is 39.4 Å². The van der Waals surface area contributed by atoms with Crippen LogP contribution in [0.4, 0.5) is 0 Å². The van der Waals surface area contributed by atoms with Crippen molar-refractivity contribution in [3.8, 4) is 23.0 Å². The number of fused-ring (bicyclic) bond motifs is 3. The van der Waals surface area contributed by atoms with Gasteiger partial charge in [0.05, 0.1) is 17.0 Å². The van der Waals surface area contributed by atoms with Gasteiger partial charge in [-0.2, -0.15) is 0 Å². The topological polar surface area (TPSA) is 75.7 Å². The molecule has 8 nitrogen and oxygen atoms in total. The molecule has 4 aliphatic rings. The van der Waals surface area contributed by atoms with Crippen LogP contribution in [-0.2, 0) is 14.3 Å². The summed E-state index contributed by atoms with van der Waals surface area (Å²) in [4.78, 5) is 15.3. The Labute approximate surface area is 219 Å². The molecule has 0 saturated carbocycles. The number of ether oxygens (including phenoxy) is 6. The lowest BCUT2D eigenvalue weighted by atomic mass is 9.96. The first-order valence-corrected chi connectivity index (χ1v) is 11.4. The van der Waals surface area contributed by atoms with E-state index in [9.17, 15) is 4.79 Å². The lowest BCUT2D eigenvalue weighted by Crippen LogP contribution is -2.49. The fourth-order valence-electron chi connectivity index (χ4n) is 4.99. The third kappa shape index (κ3) is 3.56. The SMILES string of the molecule is [2H]C1([2H])Oc2ccc([C@H]3O[C@@H](c4ccc5c(c4)OC([2H])([2H])C([2H])([2H])O5)N4[C@@H](c5ccccc5)COC(=O)[C@H]34)cc2OC1([2H])[2H]. The molecule has 3 aromatic rings. The Morgan fingerprint density at radius 1 is 0.694 bits per heavy atom. The van der Waals surface area contributed by atoms with Gasteiger partial charge in [0.25, 0.3) is 0 Å². The van der Waals surface area contributed by atoms with Gasteiger partial charge in [0.1, 0.15) is 51.2 Å². The third-order valence-corrected chi connectivity index (χ3v) is 6.60. The number of cyclic esters (lactones) is 1. The summed E-state index contributed by atoms with van der Waals surface area (Å²) in [7, 11) is 0. The Hall–Kier alpha value is -3.75. The lowest BCUT2D eigenvalue weighted by molar-refractivity contribution is -0.163. The van der Waals surface area contributed by atoms with Gasteiger partial charge in [-0.15, -0.1) is 0 Å². The maximum Gasteiger partial charge on any atom is 0.326 e. The van der Waals surface area contributed by atoms with Crippen LogP contribution in [0.1, 0.15) is 46.0 Å². The van der Waals surface area contributed by atoms with E-state index in [2.05, 4.69) is 0 Å². The van der Waals surface area contributed by atoms with E-state index in [1.165, 1.54) is 24.3 Å². The number of hydrogen-bond donors (Lipinski definition) is 0. The average molecular weight is 496 g/mol. The van der Waals surface area contributed by atoms with E-state index in [0.717, 1.165) is 5.56 Å². The quantitative estimate of drug-likeness (QED) is 0.506. The van der Waals surface area contributed by atoms with Crippen molar-refractivity contribution in [2.45, 2.75) is 24.4 Å². The maximum atomic E-state index is 13.4. The van der Waals surface area contributed by atoms with E-state index in [1.807, 2.05) is 35.2 Å². The predicted octanol–water partition coefficient (Wildman–Crippen LogP) is 3.97. The molecular formula is C28H25NO7. The number of hydrogen-bond acceptors (Lipinski definition) is 8. The molecule has 0 amide bonds. The molecule has 184 valence electrons. The van der Waals surface area contributed by atoms with Crippen LogP contribution >= 0.6 is 0 Å². The summed E-state index contributed by atoms with van der Waals surface area (Å²) in [5.74, 6) is -0.694. The largest absolute Gasteiger partial charge is 0.486 e. The van der Waals surface area contributed by atoms with Crippen molar-refractivity contribution in [1.82, 2.24) is 4.90 Å². The summed E-state index contributed by atoms with van der Waals surface area (Å²) in [5.41, 5.74) is 1.73. The summed E-state index contributed by atoms with van der Waals surface area (Å²) in [5, 5.41) is 0. The predicted molar refractivity (Wildman–Crippen MR) is 127 cm³/mol. The fraction of sp³-hybridized carbons (Fsp3) is 0.321. The molecule has 0 aromatic heterocycles. The summed E-state index contributed by atoms with van der Waals surface area (Å²) in [6.07, 6.45) is -1.87. The van der Waals surface area contributed by atoms with Gasteiger partial charge in [-0.25, -0.2) is 4.90 Å². The lowest BCUT2D eigenvalue weighted by Gasteiger charge is -2.39. The highest BCUT2D eigenvalue weighted by Crippen LogP contribution is 2.51. The normalized spacial score (nSPS) is 35.6. The van der Waals surface area contributed by atoms with Gasteiger partial charge in [0, 0.05) is 0 Å². The molecule has 0 spiro atoms. The first-order valence-electron chi connectivity index (χ1n) is 15.4.